The Morgan fingerprint density at radius 3 is 2.68 bits per heavy atom. The van der Waals surface area contributed by atoms with Crippen molar-refractivity contribution in [2.24, 2.45) is 5.92 Å². The Kier molecular flexibility index (Phi) is 3.95. The summed E-state index contributed by atoms with van der Waals surface area (Å²) in [6.07, 6.45) is 3.61. The molecule has 3 heterocycles. The van der Waals surface area contributed by atoms with Crippen LogP contribution in [0, 0.1) is 19.8 Å². The van der Waals surface area contributed by atoms with Crippen LogP contribution in [0.4, 0.5) is 0 Å². The minimum atomic E-state index is 0.599. The molecule has 0 radical (unpaired) electrons. The average molecular weight is 352 g/mol. The number of nitrogens with zero attached hydrogens (tertiary/aromatic N) is 6. The molecule has 0 aliphatic rings. The summed E-state index contributed by atoms with van der Waals surface area (Å²) < 4.78 is 3.80. The minimum absolute atomic E-state index is 0.599. The molecule has 0 bridgehead atoms. The number of fused-ring (bicyclic) bond motifs is 3. The highest BCUT2D eigenvalue weighted by Crippen LogP contribution is 2.25. The molecule has 7 heteroatoms. The Labute approximate surface area is 150 Å². The quantitative estimate of drug-likeness (QED) is 0.522. The number of aryl methyl sites for hydroxylation is 2. The van der Waals surface area contributed by atoms with Gasteiger partial charge in [-0.1, -0.05) is 31.7 Å². The van der Waals surface area contributed by atoms with E-state index in [1.807, 2.05) is 15.3 Å². The highest BCUT2D eigenvalue weighted by molar-refractivity contribution is 7.99. The summed E-state index contributed by atoms with van der Waals surface area (Å²) in [5, 5.41) is 15.0. The molecule has 0 saturated heterocycles. The first-order valence-corrected chi connectivity index (χ1v) is 9.31. The largest absolute Gasteiger partial charge is 0.260 e. The van der Waals surface area contributed by atoms with Crippen LogP contribution in [0.15, 0.2) is 35.9 Å². The molecule has 3 aromatic heterocycles. The van der Waals surface area contributed by atoms with E-state index < -0.39 is 0 Å². The Morgan fingerprint density at radius 1 is 1.08 bits per heavy atom. The van der Waals surface area contributed by atoms with Gasteiger partial charge >= 0.3 is 0 Å². The maximum Gasteiger partial charge on any atom is 0.196 e. The molecule has 0 N–H and O–H groups in total. The van der Waals surface area contributed by atoms with E-state index in [1.165, 1.54) is 11.1 Å². The van der Waals surface area contributed by atoms with Crippen LogP contribution in [0.1, 0.15) is 25.0 Å². The van der Waals surface area contributed by atoms with Gasteiger partial charge in [-0.05, 0) is 43.0 Å². The minimum Gasteiger partial charge on any atom is -0.260 e. The summed E-state index contributed by atoms with van der Waals surface area (Å²) >= 11 is 1.70. The normalized spacial score (nSPS) is 11.9. The summed E-state index contributed by atoms with van der Waals surface area (Å²) in [6.45, 7) is 8.60. The number of hydrogen-bond acceptors (Lipinski definition) is 5. The van der Waals surface area contributed by atoms with Gasteiger partial charge in [-0.25, -0.2) is 9.67 Å². The van der Waals surface area contributed by atoms with Crippen LogP contribution in [-0.4, -0.2) is 35.1 Å². The highest BCUT2D eigenvalue weighted by Gasteiger charge is 2.15. The second-order valence-corrected chi connectivity index (χ2v) is 7.67. The van der Waals surface area contributed by atoms with Crippen molar-refractivity contribution in [1.82, 2.24) is 29.4 Å². The van der Waals surface area contributed by atoms with E-state index in [4.69, 9.17) is 0 Å². The molecule has 128 valence electrons. The molecule has 6 nitrogen and oxygen atoms in total. The predicted molar refractivity (Wildman–Crippen MR) is 100 cm³/mol. The number of aromatic nitrogens is 6. The van der Waals surface area contributed by atoms with Crippen LogP contribution >= 0.6 is 11.8 Å². The second-order valence-electron chi connectivity index (χ2n) is 6.69. The maximum absolute atomic E-state index is 4.63. The summed E-state index contributed by atoms with van der Waals surface area (Å²) in [5.41, 5.74) is 5.09. The topological polar surface area (TPSA) is 60.9 Å². The Hall–Kier alpha value is -2.41. The van der Waals surface area contributed by atoms with Gasteiger partial charge in [0.25, 0.3) is 0 Å². The molecular formula is C18H20N6S. The summed E-state index contributed by atoms with van der Waals surface area (Å²) in [6, 6.07) is 6.30. The third kappa shape index (κ3) is 2.78. The predicted octanol–water partition coefficient (Wildman–Crippen LogP) is 3.83. The first-order chi connectivity index (χ1) is 12.0. The van der Waals surface area contributed by atoms with E-state index in [-0.39, 0.29) is 0 Å². The van der Waals surface area contributed by atoms with Gasteiger partial charge in [-0.15, -0.1) is 10.2 Å². The lowest BCUT2D eigenvalue weighted by Gasteiger charge is -2.06. The van der Waals surface area contributed by atoms with Crippen LogP contribution in [0.25, 0.3) is 22.4 Å². The van der Waals surface area contributed by atoms with E-state index in [9.17, 15) is 0 Å². The van der Waals surface area contributed by atoms with E-state index in [0.29, 0.717) is 5.92 Å². The molecule has 0 unspecified atom stereocenters. The van der Waals surface area contributed by atoms with Crippen molar-refractivity contribution in [1.29, 1.82) is 0 Å². The third-order valence-electron chi connectivity index (χ3n) is 4.23. The van der Waals surface area contributed by atoms with E-state index in [0.717, 1.165) is 33.3 Å². The van der Waals surface area contributed by atoms with E-state index in [2.05, 4.69) is 66.2 Å². The molecule has 25 heavy (non-hydrogen) atoms. The molecular weight excluding hydrogens is 332 g/mol. The fourth-order valence-electron chi connectivity index (χ4n) is 2.69. The van der Waals surface area contributed by atoms with Crippen LogP contribution in [0.5, 0.6) is 0 Å². The van der Waals surface area contributed by atoms with Crippen LogP contribution < -0.4 is 0 Å². The van der Waals surface area contributed by atoms with Crippen molar-refractivity contribution >= 4 is 28.4 Å². The van der Waals surface area contributed by atoms with Crippen LogP contribution in [0.3, 0.4) is 0 Å². The molecule has 0 aliphatic carbocycles. The lowest BCUT2D eigenvalue weighted by Crippen LogP contribution is -2.00. The van der Waals surface area contributed by atoms with Gasteiger partial charge in [-0.3, -0.25) is 4.40 Å². The Balaban J connectivity index is 1.82. The van der Waals surface area contributed by atoms with Gasteiger partial charge in [-0.2, -0.15) is 5.10 Å². The maximum atomic E-state index is 4.63. The van der Waals surface area contributed by atoms with Crippen molar-refractivity contribution in [3.63, 3.8) is 0 Å². The molecule has 0 fully saturated rings. The average Bonchev–Trinajstić information content (AvgIpc) is 3.18. The van der Waals surface area contributed by atoms with Gasteiger partial charge < -0.3 is 0 Å². The SMILES string of the molecule is Cc1ccc(-n2ncc3c2ncn2c(SCC(C)C)nnc32)cc1C. The van der Waals surface area contributed by atoms with Gasteiger partial charge in [0.05, 0.1) is 17.3 Å². The summed E-state index contributed by atoms with van der Waals surface area (Å²) in [5.74, 6) is 1.60. The highest BCUT2D eigenvalue weighted by atomic mass is 32.2. The standard InChI is InChI=1S/C18H20N6S/c1-11(2)9-25-18-22-21-17-15-8-20-24(16(15)19-10-23(17)18)14-6-5-12(3)13(4)7-14/h5-8,10-11H,9H2,1-4H3. The molecule has 0 amide bonds. The van der Waals surface area contributed by atoms with E-state index >= 15 is 0 Å². The summed E-state index contributed by atoms with van der Waals surface area (Å²) in [4.78, 5) is 4.63. The number of hydrogen-bond donors (Lipinski definition) is 0. The van der Waals surface area contributed by atoms with Crippen molar-refractivity contribution < 1.29 is 0 Å². The first kappa shape index (κ1) is 16.1. The molecule has 4 rings (SSSR count). The zero-order valence-corrected chi connectivity index (χ0v) is 15.6. The molecule has 1 aromatic carbocycles. The lowest BCUT2D eigenvalue weighted by molar-refractivity contribution is 0.746. The second kappa shape index (κ2) is 6.15. The van der Waals surface area contributed by atoms with Crippen LogP contribution in [-0.2, 0) is 0 Å². The van der Waals surface area contributed by atoms with Gasteiger partial charge in [0.2, 0.25) is 0 Å². The third-order valence-corrected chi connectivity index (χ3v) is 5.60. The fraction of sp³-hybridized carbons (Fsp3) is 0.333. The zero-order valence-electron chi connectivity index (χ0n) is 14.8. The zero-order chi connectivity index (χ0) is 17.6. The van der Waals surface area contributed by atoms with Gasteiger partial charge in [0, 0.05) is 5.75 Å². The van der Waals surface area contributed by atoms with Gasteiger partial charge in [0.1, 0.15) is 6.33 Å². The summed E-state index contributed by atoms with van der Waals surface area (Å²) in [7, 11) is 0. The molecule has 0 aliphatic heterocycles. The Bertz CT molecular complexity index is 1060. The Morgan fingerprint density at radius 2 is 1.92 bits per heavy atom. The van der Waals surface area contributed by atoms with E-state index in [1.54, 1.807) is 18.1 Å². The first-order valence-electron chi connectivity index (χ1n) is 8.32. The lowest BCUT2D eigenvalue weighted by atomic mass is 10.1. The number of rotatable bonds is 4. The molecule has 0 atom stereocenters. The van der Waals surface area contributed by atoms with Crippen molar-refractivity contribution in [2.75, 3.05) is 5.75 Å². The van der Waals surface area contributed by atoms with Crippen molar-refractivity contribution in [2.45, 2.75) is 32.9 Å². The van der Waals surface area contributed by atoms with Crippen LogP contribution in [0.2, 0.25) is 0 Å². The van der Waals surface area contributed by atoms with Gasteiger partial charge in [0.15, 0.2) is 16.5 Å². The molecule has 0 spiro atoms. The number of thioether (sulfide) groups is 1. The van der Waals surface area contributed by atoms with Crippen molar-refractivity contribution in [3.05, 3.63) is 41.9 Å². The fourth-order valence-corrected chi connectivity index (χ4v) is 3.54. The number of benzene rings is 1. The molecule has 4 aromatic rings. The monoisotopic (exact) mass is 352 g/mol. The van der Waals surface area contributed by atoms with Crippen molar-refractivity contribution in [3.8, 4) is 5.69 Å². The smallest absolute Gasteiger partial charge is 0.196 e. The molecule has 0 saturated carbocycles.